The summed E-state index contributed by atoms with van der Waals surface area (Å²) in [7, 11) is 1.35. The average molecular weight is 401 g/mol. The minimum absolute atomic E-state index is 0.0493. The molecular formula is C20H20N2O3S2. The van der Waals surface area contributed by atoms with Crippen molar-refractivity contribution in [2.24, 2.45) is 0 Å². The number of rotatable bonds is 7. The molecule has 0 fully saturated rings. The standard InChI is InChI=1S/C20H20N2O3S2/c1-13-5-8-15(9-6-13)26-11-3-4-18(23)22-20-21-16-10-7-14(19(24)25-2)12-17(16)27-20/h5-10,12H,3-4,11H2,1-2H3,(H,21,22,23). The van der Waals surface area contributed by atoms with Gasteiger partial charge in [0.1, 0.15) is 0 Å². The Balaban J connectivity index is 1.50. The van der Waals surface area contributed by atoms with Gasteiger partial charge >= 0.3 is 5.97 Å². The van der Waals surface area contributed by atoms with Crippen LogP contribution in [0.1, 0.15) is 28.8 Å². The van der Waals surface area contributed by atoms with E-state index in [-0.39, 0.29) is 11.9 Å². The first kappa shape index (κ1) is 19.4. The first-order valence-electron chi connectivity index (χ1n) is 8.53. The smallest absolute Gasteiger partial charge is 0.337 e. The molecule has 0 atom stereocenters. The largest absolute Gasteiger partial charge is 0.465 e. The molecule has 3 aromatic rings. The molecule has 140 valence electrons. The molecule has 1 amide bonds. The Bertz CT molecular complexity index is 952. The number of carbonyl (C=O) groups is 2. The van der Waals surface area contributed by atoms with Crippen molar-refractivity contribution in [2.75, 3.05) is 18.2 Å². The third kappa shape index (κ3) is 5.30. The van der Waals surface area contributed by atoms with Crippen molar-refractivity contribution in [3.8, 4) is 0 Å². The highest BCUT2D eigenvalue weighted by atomic mass is 32.2. The van der Waals surface area contributed by atoms with Gasteiger partial charge in [-0.25, -0.2) is 9.78 Å². The van der Waals surface area contributed by atoms with Crippen LogP contribution in [0.5, 0.6) is 0 Å². The quantitative estimate of drug-likeness (QED) is 0.347. The maximum Gasteiger partial charge on any atom is 0.337 e. The lowest BCUT2D eigenvalue weighted by Gasteiger charge is -2.03. The number of aryl methyl sites for hydroxylation is 1. The maximum atomic E-state index is 12.1. The molecule has 1 aromatic heterocycles. The summed E-state index contributed by atoms with van der Waals surface area (Å²) < 4.78 is 5.56. The van der Waals surface area contributed by atoms with Gasteiger partial charge in [0, 0.05) is 11.3 Å². The molecule has 2 aromatic carbocycles. The number of nitrogens with one attached hydrogen (secondary N) is 1. The Hall–Kier alpha value is -2.38. The van der Waals surface area contributed by atoms with Crippen molar-refractivity contribution in [2.45, 2.75) is 24.7 Å². The van der Waals surface area contributed by atoms with Crippen LogP contribution in [-0.2, 0) is 9.53 Å². The van der Waals surface area contributed by atoms with Gasteiger partial charge in [-0.05, 0) is 49.4 Å². The summed E-state index contributed by atoms with van der Waals surface area (Å²) in [6, 6.07) is 13.5. The SMILES string of the molecule is COC(=O)c1ccc2nc(NC(=O)CCCSc3ccc(C)cc3)sc2c1. The normalized spacial score (nSPS) is 10.7. The summed E-state index contributed by atoms with van der Waals surface area (Å²) in [5.74, 6) is 0.451. The van der Waals surface area contributed by atoms with Crippen molar-refractivity contribution in [1.82, 2.24) is 4.98 Å². The first-order valence-corrected chi connectivity index (χ1v) is 10.3. The third-order valence-corrected chi connectivity index (χ3v) is 5.93. The van der Waals surface area contributed by atoms with E-state index >= 15 is 0 Å². The number of methoxy groups -OCH3 is 1. The minimum Gasteiger partial charge on any atom is -0.465 e. The average Bonchev–Trinajstić information content (AvgIpc) is 3.07. The van der Waals surface area contributed by atoms with Crippen molar-refractivity contribution in [3.05, 3.63) is 53.6 Å². The molecule has 27 heavy (non-hydrogen) atoms. The second-order valence-corrected chi connectivity index (χ2v) is 8.21. The molecule has 0 aliphatic carbocycles. The molecule has 3 rings (SSSR count). The number of fused-ring (bicyclic) bond motifs is 1. The fourth-order valence-corrected chi connectivity index (χ4v) is 4.24. The van der Waals surface area contributed by atoms with Gasteiger partial charge in [-0.2, -0.15) is 0 Å². The van der Waals surface area contributed by atoms with Gasteiger partial charge in [0.05, 0.1) is 22.9 Å². The van der Waals surface area contributed by atoms with Crippen molar-refractivity contribution >= 4 is 50.3 Å². The summed E-state index contributed by atoms with van der Waals surface area (Å²) in [6.07, 6.45) is 1.24. The second-order valence-electron chi connectivity index (χ2n) is 6.01. The second kappa shape index (κ2) is 9.01. The molecular weight excluding hydrogens is 380 g/mol. The Labute approximate surface area is 166 Å². The molecule has 0 saturated heterocycles. The molecule has 0 spiro atoms. The van der Waals surface area contributed by atoms with Gasteiger partial charge in [-0.3, -0.25) is 4.79 Å². The molecule has 0 unspecified atom stereocenters. The zero-order valence-electron chi connectivity index (χ0n) is 15.2. The fourth-order valence-electron chi connectivity index (χ4n) is 2.46. The fraction of sp³-hybridized carbons (Fsp3) is 0.250. The number of hydrogen-bond acceptors (Lipinski definition) is 6. The van der Waals surface area contributed by atoms with Gasteiger partial charge in [0.2, 0.25) is 5.91 Å². The van der Waals surface area contributed by atoms with Crippen LogP contribution in [0.4, 0.5) is 5.13 Å². The van der Waals surface area contributed by atoms with Gasteiger partial charge in [-0.1, -0.05) is 29.0 Å². The number of hydrogen-bond donors (Lipinski definition) is 1. The molecule has 1 N–H and O–H groups in total. The summed E-state index contributed by atoms with van der Waals surface area (Å²) in [4.78, 5) is 29.3. The number of amides is 1. The Kier molecular flexibility index (Phi) is 6.47. The predicted molar refractivity (Wildman–Crippen MR) is 111 cm³/mol. The lowest BCUT2D eigenvalue weighted by atomic mass is 10.2. The number of aromatic nitrogens is 1. The Morgan fingerprint density at radius 1 is 1.19 bits per heavy atom. The Morgan fingerprint density at radius 3 is 2.70 bits per heavy atom. The van der Waals surface area contributed by atoms with Crippen molar-refractivity contribution in [3.63, 3.8) is 0 Å². The van der Waals surface area contributed by atoms with Crippen LogP contribution in [0, 0.1) is 6.92 Å². The molecule has 7 heteroatoms. The van der Waals surface area contributed by atoms with E-state index in [1.165, 1.54) is 28.9 Å². The van der Waals surface area contributed by atoms with E-state index in [9.17, 15) is 9.59 Å². The Morgan fingerprint density at radius 2 is 1.96 bits per heavy atom. The number of anilines is 1. The molecule has 0 bridgehead atoms. The highest BCUT2D eigenvalue weighted by Crippen LogP contribution is 2.27. The number of benzene rings is 2. The van der Waals surface area contributed by atoms with E-state index < -0.39 is 0 Å². The van der Waals surface area contributed by atoms with Crippen LogP contribution in [0.3, 0.4) is 0 Å². The van der Waals surface area contributed by atoms with E-state index in [2.05, 4.69) is 41.5 Å². The predicted octanol–water partition coefficient (Wildman–Crippen LogP) is 4.90. The summed E-state index contributed by atoms with van der Waals surface area (Å²) in [5, 5.41) is 3.39. The number of thiazole rings is 1. The van der Waals surface area contributed by atoms with Gasteiger partial charge in [-0.15, -0.1) is 11.8 Å². The summed E-state index contributed by atoms with van der Waals surface area (Å²) in [6.45, 7) is 2.07. The monoisotopic (exact) mass is 400 g/mol. The molecule has 0 aliphatic rings. The van der Waals surface area contributed by atoms with Crippen LogP contribution >= 0.6 is 23.1 Å². The molecule has 5 nitrogen and oxygen atoms in total. The van der Waals surface area contributed by atoms with E-state index in [0.717, 1.165) is 22.4 Å². The van der Waals surface area contributed by atoms with E-state index in [1.807, 2.05) is 0 Å². The van der Waals surface area contributed by atoms with Crippen LogP contribution in [0.15, 0.2) is 47.4 Å². The number of esters is 1. The first-order chi connectivity index (χ1) is 13.0. The zero-order valence-corrected chi connectivity index (χ0v) is 16.8. The minimum atomic E-state index is -0.387. The van der Waals surface area contributed by atoms with Crippen LogP contribution < -0.4 is 5.32 Å². The van der Waals surface area contributed by atoms with Crippen LogP contribution in [0.25, 0.3) is 10.2 Å². The van der Waals surface area contributed by atoms with Crippen molar-refractivity contribution < 1.29 is 14.3 Å². The molecule has 0 radical (unpaired) electrons. The number of thioether (sulfide) groups is 1. The number of ether oxygens (including phenoxy) is 1. The van der Waals surface area contributed by atoms with E-state index in [0.29, 0.717) is 17.1 Å². The van der Waals surface area contributed by atoms with Crippen LogP contribution in [-0.4, -0.2) is 29.7 Å². The summed E-state index contributed by atoms with van der Waals surface area (Å²) in [5.41, 5.74) is 2.46. The summed E-state index contributed by atoms with van der Waals surface area (Å²) >= 11 is 3.10. The van der Waals surface area contributed by atoms with Crippen molar-refractivity contribution in [1.29, 1.82) is 0 Å². The topological polar surface area (TPSA) is 68.3 Å². The number of carbonyl (C=O) groups excluding carboxylic acids is 2. The van der Waals surface area contributed by atoms with Gasteiger partial charge < -0.3 is 10.1 Å². The zero-order chi connectivity index (χ0) is 19.2. The third-order valence-electron chi connectivity index (χ3n) is 3.89. The highest BCUT2D eigenvalue weighted by Gasteiger charge is 2.11. The number of nitrogens with zero attached hydrogens (tertiary/aromatic N) is 1. The highest BCUT2D eigenvalue weighted by molar-refractivity contribution is 7.99. The maximum absolute atomic E-state index is 12.1. The van der Waals surface area contributed by atoms with E-state index in [1.54, 1.807) is 30.0 Å². The lowest BCUT2D eigenvalue weighted by Crippen LogP contribution is -2.11. The molecule has 0 aliphatic heterocycles. The lowest BCUT2D eigenvalue weighted by molar-refractivity contribution is -0.116. The molecule has 1 heterocycles. The molecule has 0 saturated carbocycles. The van der Waals surface area contributed by atoms with Gasteiger partial charge in [0.25, 0.3) is 0 Å². The van der Waals surface area contributed by atoms with E-state index in [4.69, 9.17) is 4.74 Å². The van der Waals surface area contributed by atoms with Gasteiger partial charge in [0.15, 0.2) is 5.13 Å². The van der Waals surface area contributed by atoms with Crippen LogP contribution in [0.2, 0.25) is 0 Å².